The molecule has 0 bridgehead atoms. The second-order valence-electron chi connectivity index (χ2n) is 5.20. The van der Waals surface area contributed by atoms with Crippen LogP contribution in [0.25, 0.3) is 11.1 Å². The van der Waals surface area contributed by atoms with Crippen molar-refractivity contribution in [3.63, 3.8) is 0 Å². The van der Waals surface area contributed by atoms with Gasteiger partial charge in [-0.05, 0) is 37.1 Å². The molecule has 0 spiro atoms. The molecule has 0 aromatic heterocycles. The van der Waals surface area contributed by atoms with Crippen molar-refractivity contribution < 1.29 is 14.3 Å². The van der Waals surface area contributed by atoms with E-state index in [1.165, 1.54) is 0 Å². The summed E-state index contributed by atoms with van der Waals surface area (Å²) in [6.45, 7) is 7.27. The molecular formula is C19H20O3. The Morgan fingerprint density at radius 2 is 1.64 bits per heavy atom. The summed E-state index contributed by atoms with van der Waals surface area (Å²) < 4.78 is 10.8. The number of esters is 1. The van der Waals surface area contributed by atoms with Crippen molar-refractivity contribution in [2.75, 3.05) is 6.61 Å². The van der Waals surface area contributed by atoms with E-state index >= 15 is 0 Å². The lowest BCUT2D eigenvalue weighted by molar-refractivity contribution is -0.144. The first-order valence-corrected chi connectivity index (χ1v) is 7.21. The number of hydrogen-bond donors (Lipinski definition) is 0. The van der Waals surface area contributed by atoms with Crippen LogP contribution in [0.3, 0.4) is 0 Å². The third-order valence-corrected chi connectivity index (χ3v) is 3.10. The largest absolute Gasteiger partial charge is 0.490 e. The first-order valence-electron chi connectivity index (χ1n) is 7.21. The fourth-order valence-electron chi connectivity index (χ4n) is 1.91. The van der Waals surface area contributed by atoms with Crippen LogP contribution in [-0.4, -0.2) is 18.7 Å². The molecule has 0 heterocycles. The topological polar surface area (TPSA) is 35.5 Å². The summed E-state index contributed by atoms with van der Waals surface area (Å²) in [4.78, 5) is 11.4. The minimum absolute atomic E-state index is 0.309. The summed E-state index contributed by atoms with van der Waals surface area (Å²) in [7, 11) is 0. The molecule has 22 heavy (non-hydrogen) atoms. The number of benzene rings is 2. The van der Waals surface area contributed by atoms with E-state index in [2.05, 4.69) is 18.7 Å². The second kappa shape index (κ2) is 7.46. The van der Waals surface area contributed by atoms with Crippen molar-refractivity contribution in [2.45, 2.75) is 20.0 Å². The van der Waals surface area contributed by atoms with Crippen molar-refractivity contribution in [3.05, 3.63) is 66.7 Å². The predicted molar refractivity (Wildman–Crippen MR) is 87.7 cm³/mol. The number of carbonyl (C=O) groups is 1. The molecule has 0 saturated carbocycles. The summed E-state index contributed by atoms with van der Waals surface area (Å²) in [5.41, 5.74) is 2.69. The summed E-state index contributed by atoms with van der Waals surface area (Å²) in [6.07, 6.45) is -0.321. The van der Waals surface area contributed by atoms with E-state index in [1.807, 2.05) is 42.5 Å². The molecule has 2 aromatic rings. The van der Waals surface area contributed by atoms with Crippen LogP contribution in [0.4, 0.5) is 0 Å². The Morgan fingerprint density at radius 1 is 1.05 bits per heavy atom. The third-order valence-electron chi connectivity index (χ3n) is 3.10. The zero-order chi connectivity index (χ0) is 15.9. The average molecular weight is 296 g/mol. The maximum absolute atomic E-state index is 11.4. The van der Waals surface area contributed by atoms with Gasteiger partial charge in [-0.2, -0.15) is 0 Å². The Hall–Kier alpha value is -2.55. The highest BCUT2D eigenvalue weighted by Crippen LogP contribution is 2.22. The van der Waals surface area contributed by atoms with Gasteiger partial charge in [0.25, 0.3) is 0 Å². The maximum atomic E-state index is 11.4. The molecule has 0 aliphatic carbocycles. The normalized spacial score (nSPS) is 11.5. The van der Waals surface area contributed by atoms with Crippen molar-refractivity contribution in [1.29, 1.82) is 0 Å². The molecule has 0 fully saturated rings. The molecule has 0 saturated heterocycles. The summed E-state index contributed by atoms with van der Waals surface area (Å²) in [5.74, 6) is 0.355. The lowest BCUT2D eigenvalue weighted by Crippen LogP contribution is -2.22. The zero-order valence-electron chi connectivity index (χ0n) is 12.9. The fraction of sp³-hybridized carbons (Fsp3) is 0.211. The molecule has 0 N–H and O–H groups in total. The van der Waals surface area contributed by atoms with Gasteiger partial charge < -0.3 is 9.47 Å². The Kier molecular flexibility index (Phi) is 5.37. The minimum atomic E-state index is -0.393. The number of hydrogen-bond acceptors (Lipinski definition) is 3. The van der Waals surface area contributed by atoms with Gasteiger partial charge in [-0.1, -0.05) is 49.0 Å². The zero-order valence-corrected chi connectivity index (χ0v) is 12.9. The molecule has 0 amide bonds. The standard InChI is InChI=1S/C19H20O3/c1-14(2)19(20)22-15(3)13-21-18-11-9-17(10-12-18)16-7-5-4-6-8-16/h4-12,15H,1,13H2,2-3H3. The van der Waals surface area contributed by atoms with E-state index in [1.54, 1.807) is 13.8 Å². The Bertz CT molecular complexity index is 629. The SMILES string of the molecule is C=C(C)C(=O)OC(C)COc1ccc(-c2ccccc2)cc1. The molecule has 114 valence electrons. The minimum Gasteiger partial charge on any atom is -0.490 e. The molecule has 1 atom stereocenters. The quantitative estimate of drug-likeness (QED) is 0.591. The van der Waals surface area contributed by atoms with Crippen LogP contribution in [0.15, 0.2) is 66.7 Å². The lowest BCUT2D eigenvalue weighted by Gasteiger charge is -2.14. The highest BCUT2D eigenvalue weighted by Gasteiger charge is 2.10. The third kappa shape index (κ3) is 4.48. The van der Waals surface area contributed by atoms with Crippen molar-refractivity contribution in [1.82, 2.24) is 0 Å². The van der Waals surface area contributed by atoms with Gasteiger partial charge in [0, 0.05) is 5.57 Å². The van der Waals surface area contributed by atoms with Crippen molar-refractivity contribution >= 4 is 5.97 Å². The van der Waals surface area contributed by atoms with Crippen molar-refractivity contribution in [2.24, 2.45) is 0 Å². The van der Waals surface area contributed by atoms with Gasteiger partial charge in [-0.25, -0.2) is 4.79 Å². The van der Waals surface area contributed by atoms with Crippen LogP contribution >= 0.6 is 0 Å². The summed E-state index contributed by atoms with van der Waals surface area (Å²) in [5, 5.41) is 0. The molecule has 0 aliphatic heterocycles. The lowest BCUT2D eigenvalue weighted by atomic mass is 10.1. The number of rotatable bonds is 6. The van der Waals surface area contributed by atoms with Crippen LogP contribution in [0.5, 0.6) is 5.75 Å². The van der Waals surface area contributed by atoms with Crippen LogP contribution < -0.4 is 4.74 Å². The van der Waals surface area contributed by atoms with Gasteiger partial charge in [0.2, 0.25) is 0 Å². The van der Waals surface area contributed by atoms with Gasteiger partial charge in [0.15, 0.2) is 0 Å². The average Bonchev–Trinajstić information content (AvgIpc) is 2.54. The smallest absolute Gasteiger partial charge is 0.333 e. The molecule has 2 aromatic carbocycles. The van der Waals surface area contributed by atoms with Crippen molar-refractivity contribution in [3.8, 4) is 16.9 Å². The van der Waals surface area contributed by atoms with Gasteiger partial charge in [0.1, 0.15) is 18.5 Å². The Balaban J connectivity index is 1.89. The molecular weight excluding hydrogens is 276 g/mol. The number of ether oxygens (including phenoxy) is 2. The van der Waals surface area contributed by atoms with E-state index in [9.17, 15) is 4.79 Å². The van der Waals surface area contributed by atoms with Gasteiger partial charge in [-0.15, -0.1) is 0 Å². The van der Waals surface area contributed by atoms with Crippen LogP contribution in [0.1, 0.15) is 13.8 Å². The molecule has 0 aliphatic rings. The van der Waals surface area contributed by atoms with Gasteiger partial charge >= 0.3 is 5.97 Å². The summed E-state index contributed by atoms with van der Waals surface area (Å²) in [6, 6.07) is 18.0. The fourth-order valence-corrected chi connectivity index (χ4v) is 1.91. The Morgan fingerprint density at radius 3 is 2.23 bits per heavy atom. The van der Waals surface area contributed by atoms with E-state index in [4.69, 9.17) is 9.47 Å². The predicted octanol–water partition coefficient (Wildman–Crippen LogP) is 4.24. The van der Waals surface area contributed by atoms with E-state index < -0.39 is 5.97 Å². The van der Waals surface area contributed by atoms with Crippen LogP contribution in [-0.2, 0) is 9.53 Å². The maximum Gasteiger partial charge on any atom is 0.333 e. The first kappa shape index (κ1) is 15.8. The molecule has 3 nitrogen and oxygen atoms in total. The van der Waals surface area contributed by atoms with Crippen LogP contribution in [0, 0.1) is 0 Å². The Labute approximate surface area is 131 Å². The van der Waals surface area contributed by atoms with E-state index in [0.29, 0.717) is 12.2 Å². The molecule has 1 unspecified atom stereocenters. The molecule has 3 heteroatoms. The summed E-state index contributed by atoms with van der Waals surface area (Å²) >= 11 is 0. The number of carbonyl (C=O) groups excluding carboxylic acids is 1. The first-order chi connectivity index (χ1) is 10.6. The highest BCUT2D eigenvalue weighted by atomic mass is 16.6. The van der Waals surface area contributed by atoms with Gasteiger partial charge in [-0.3, -0.25) is 0 Å². The van der Waals surface area contributed by atoms with Gasteiger partial charge in [0.05, 0.1) is 0 Å². The van der Waals surface area contributed by atoms with Crippen LogP contribution in [0.2, 0.25) is 0 Å². The van der Waals surface area contributed by atoms with E-state index in [-0.39, 0.29) is 6.10 Å². The molecule has 0 radical (unpaired) electrons. The highest BCUT2D eigenvalue weighted by molar-refractivity contribution is 5.87. The van der Waals surface area contributed by atoms with E-state index in [0.717, 1.165) is 16.9 Å². The monoisotopic (exact) mass is 296 g/mol. The second-order valence-corrected chi connectivity index (χ2v) is 5.20. The molecule has 2 rings (SSSR count).